The second kappa shape index (κ2) is 6.37. The van der Waals surface area contributed by atoms with Gasteiger partial charge < -0.3 is 10.0 Å². The van der Waals surface area contributed by atoms with Crippen molar-refractivity contribution < 1.29 is 13.9 Å². The molecule has 118 valence electrons. The summed E-state index contributed by atoms with van der Waals surface area (Å²) in [5.41, 5.74) is -0.264. The molecule has 1 unspecified atom stereocenters. The molecule has 1 aliphatic rings. The molecule has 0 amide bonds. The van der Waals surface area contributed by atoms with Crippen molar-refractivity contribution in [2.24, 2.45) is 0 Å². The first-order chi connectivity index (χ1) is 10.6. The van der Waals surface area contributed by atoms with Gasteiger partial charge in [-0.25, -0.2) is 13.9 Å². The number of halogens is 2. The number of aromatic nitrogens is 3. The van der Waals surface area contributed by atoms with Gasteiger partial charge in [0, 0.05) is 32.7 Å². The van der Waals surface area contributed by atoms with Gasteiger partial charge >= 0.3 is 0 Å². The topological polar surface area (TPSA) is 68.3 Å². The van der Waals surface area contributed by atoms with Crippen LogP contribution in [-0.2, 0) is 0 Å². The molecule has 0 aliphatic carbocycles. The van der Waals surface area contributed by atoms with Crippen LogP contribution in [0.4, 0.5) is 14.7 Å². The van der Waals surface area contributed by atoms with E-state index in [1.807, 2.05) is 9.80 Å². The fraction of sp³-hybridized carbons (Fsp3) is 0.429. The van der Waals surface area contributed by atoms with Gasteiger partial charge in [-0.1, -0.05) is 6.07 Å². The zero-order chi connectivity index (χ0) is 15.5. The van der Waals surface area contributed by atoms with Crippen molar-refractivity contribution in [3.8, 4) is 0 Å². The predicted octanol–water partition coefficient (Wildman–Crippen LogP) is 0.938. The van der Waals surface area contributed by atoms with Crippen LogP contribution in [0.5, 0.6) is 0 Å². The number of hydrogen-bond donors (Lipinski definition) is 2. The molecule has 8 heteroatoms. The molecule has 0 saturated carbocycles. The molecule has 1 atom stereocenters. The summed E-state index contributed by atoms with van der Waals surface area (Å²) in [4.78, 5) is 8.11. The van der Waals surface area contributed by atoms with Crippen LogP contribution in [0.1, 0.15) is 11.7 Å². The first-order valence-electron chi connectivity index (χ1n) is 7.10. The van der Waals surface area contributed by atoms with E-state index >= 15 is 0 Å². The van der Waals surface area contributed by atoms with Crippen LogP contribution in [0, 0.1) is 11.6 Å². The molecule has 2 N–H and O–H groups in total. The summed E-state index contributed by atoms with van der Waals surface area (Å²) in [6, 6.07) is 3.60. The Hall–Kier alpha value is -2.06. The van der Waals surface area contributed by atoms with Crippen LogP contribution >= 0.6 is 0 Å². The molecule has 0 spiro atoms. The maximum absolute atomic E-state index is 13.7. The van der Waals surface area contributed by atoms with E-state index in [0.717, 1.165) is 12.1 Å². The molecule has 1 aromatic carbocycles. The molecule has 1 aliphatic heterocycles. The second-order valence-corrected chi connectivity index (χ2v) is 5.25. The van der Waals surface area contributed by atoms with Crippen molar-refractivity contribution in [1.29, 1.82) is 0 Å². The maximum Gasteiger partial charge on any atom is 0.221 e. The SMILES string of the molecule is OC(CN1CCN(c2ncn[nH]2)CC1)c1c(F)cccc1F. The van der Waals surface area contributed by atoms with E-state index in [4.69, 9.17) is 0 Å². The Balaban J connectivity index is 1.58. The van der Waals surface area contributed by atoms with Gasteiger partial charge in [0.1, 0.15) is 18.0 Å². The third-order valence-corrected chi connectivity index (χ3v) is 3.84. The summed E-state index contributed by atoms with van der Waals surface area (Å²) >= 11 is 0. The lowest BCUT2D eigenvalue weighted by molar-refractivity contribution is 0.103. The number of benzene rings is 1. The van der Waals surface area contributed by atoms with Gasteiger partial charge in [0.25, 0.3) is 0 Å². The summed E-state index contributed by atoms with van der Waals surface area (Å²) in [6.45, 7) is 2.97. The summed E-state index contributed by atoms with van der Waals surface area (Å²) < 4.78 is 27.3. The lowest BCUT2D eigenvalue weighted by atomic mass is 10.1. The largest absolute Gasteiger partial charge is 0.387 e. The van der Waals surface area contributed by atoms with Crippen molar-refractivity contribution in [3.05, 3.63) is 41.7 Å². The quantitative estimate of drug-likeness (QED) is 0.880. The number of nitrogens with zero attached hydrogens (tertiary/aromatic N) is 4. The van der Waals surface area contributed by atoms with Crippen LogP contribution < -0.4 is 4.90 Å². The molecule has 22 heavy (non-hydrogen) atoms. The Morgan fingerprint density at radius 1 is 1.18 bits per heavy atom. The first kappa shape index (κ1) is 14.9. The Bertz CT molecular complexity index is 593. The van der Waals surface area contributed by atoms with Gasteiger partial charge in [0.2, 0.25) is 5.95 Å². The molecule has 1 aromatic heterocycles. The molecule has 3 rings (SSSR count). The highest BCUT2D eigenvalue weighted by Crippen LogP contribution is 2.22. The lowest BCUT2D eigenvalue weighted by Crippen LogP contribution is -2.48. The average Bonchev–Trinajstić information content (AvgIpc) is 3.02. The number of H-pyrrole nitrogens is 1. The van der Waals surface area contributed by atoms with Gasteiger partial charge in [-0.15, -0.1) is 0 Å². The van der Waals surface area contributed by atoms with E-state index in [-0.39, 0.29) is 12.1 Å². The molecule has 2 heterocycles. The summed E-state index contributed by atoms with van der Waals surface area (Å²) in [7, 11) is 0. The van der Waals surface area contributed by atoms with Crippen molar-refractivity contribution in [2.45, 2.75) is 6.10 Å². The van der Waals surface area contributed by atoms with Crippen molar-refractivity contribution >= 4 is 5.95 Å². The van der Waals surface area contributed by atoms with Gasteiger partial charge in [-0.3, -0.25) is 4.90 Å². The number of aliphatic hydroxyl groups is 1. The number of anilines is 1. The summed E-state index contributed by atoms with van der Waals surface area (Å²) in [5.74, 6) is -0.721. The number of β-amino-alcohol motifs (C(OH)–C–C–N with tert-alkyl or cyclic N) is 1. The Morgan fingerprint density at radius 3 is 2.45 bits per heavy atom. The monoisotopic (exact) mass is 309 g/mol. The fourth-order valence-electron chi connectivity index (χ4n) is 2.66. The maximum atomic E-state index is 13.7. The Morgan fingerprint density at radius 2 is 1.86 bits per heavy atom. The third-order valence-electron chi connectivity index (χ3n) is 3.84. The van der Waals surface area contributed by atoms with Gasteiger partial charge in [0.15, 0.2) is 0 Å². The van der Waals surface area contributed by atoms with E-state index in [0.29, 0.717) is 32.1 Å². The molecule has 0 bridgehead atoms. The molecule has 1 fully saturated rings. The van der Waals surface area contributed by atoms with Crippen molar-refractivity contribution in [3.63, 3.8) is 0 Å². The van der Waals surface area contributed by atoms with Crippen LogP contribution in [-0.4, -0.2) is 57.9 Å². The zero-order valence-corrected chi connectivity index (χ0v) is 11.9. The minimum atomic E-state index is -1.18. The van der Waals surface area contributed by atoms with Crippen molar-refractivity contribution in [2.75, 3.05) is 37.6 Å². The van der Waals surface area contributed by atoms with Crippen molar-refractivity contribution in [1.82, 2.24) is 20.1 Å². The predicted molar refractivity (Wildman–Crippen MR) is 76.4 cm³/mol. The lowest BCUT2D eigenvalue weighted by Gasteiger charge is -2.35. The number of hydrogen-bond acceptors (Lipinski definition) is 5. The van der Waals surface area contributed by atoms with Gasteiger partial charge in [-0.2, -0.15) is 10.1 Å². The van der Waals surface area contributed by atoms with Crippen LogP contribution in [0.2, 0.25) is 0 Å². The van der Waals surface area contributed by atoms with Crippen LogP contribution in [0.15, 0.2) is 24.5 Å². The molecule has 6 nitrogen and oxygen atoms in total. The molecular formula is C14H17F2N5O. The molecular weight excluding hydrogens is 292 g/mol. The van der Waals surface area contributed by atoms with E-state index in [1.165, 1.54) is 12.4 Å². The number of rotatable bonds is 4. The Kier molecular flexibility index (Phi) is 4.30. The second-order valence-electron chi connectivity index (χ2n) is 5.25. The highest BCUT2D eigenvalue weighted by atomic mass is 19.1. The van der Waals surface area contributed by atoms with E-state index in [9.17, 15) is 13.9 Å². The summed E-state index contributed by atoms with van der Waals surface area (Å²) in [6.07, 6.45) is 0.268. The summed E-state index contributed by atoms with van der Waals surface area (Å²) in [5, 5.41) is 16.7. The van der Waals surface area contributed by atoms with E-state index < -0.39 is 17.7 Å². The number of piperazine rings is 1. The average molecular weight is 309 g/mol. The first-order valence-corrected chi connectivity index (χ1v) is 7.10. The smallest absolute Gasteiger partial charge is 0.221 e. The standard InChI is InChI=1S/C14H17F2N5O/c15-10-2-1-3-11(16)13(10)12(22)8-20-4-6-21(7-5-20)14-17-9-18-19-14/h1-3,9,12,22H,4-8H2,(H,17,18,19). The molecule has 1 saturated heterocycles. The number of nitrogens with one attached hydrogen (secondary N) is 1. The normalized spacial score (nSPS) is 17.7. The number of aromatic amines is 1. The van der Waals surface area contributed by atoms with E-state index in [1.54, 1.807) is 0 Å². The highest BCUT2D eigenvalue weighted by molar-refractivity contribution is 5.28. The van der Waals surface area contributed by atoms with Gasteiger partial charge in [0.05, 0.1) is 11.7 Å². The van der Waals surface area contributed by atoms with Crippen LogP contribution in [0.3, 0.4) is 0 Å². The third kappa shape index (κ3) is 3.07. The fourth-order valence-corrected chi connectivity index (χ4v) is 2.66. The zero-order valence-electron chi connectivity index (χ0n) is 11.9. The van der Waals surface area contributed by atoms with Crippen LogP contribution in [0.25, 0.3) is 0 Å². The molecule has 0 radical (unpaired) electrons. The highest BCUT2D eigenvalue weighted by Gasteiger charge is 2.24. The minimum Gasteiger partial charge on any atom is -0.387 e. The minimum absolute atomic E-state index is 0.197. The Labute approximate surface area is 126 Å². The van der Waals surface area contributed by atoms with Gasteiger partial charge in [-0.05, 0) is 12.1 Å². The number of aliphatic hydroxyl groups excluding tert-OH is 1. The molecule has 2 aromatic rings. The van der Waals surface area contributed by atoms with E-state index in [2.05, 4.69) is 15.2 Å².